The predicted molar refractivity (Wildman–Crippen MR) is 148 cm³/mol. The Hall–Kier alpha value is -3.39. The maximum atomic E-state index is 12.7. The van der Waals surface area contributed by atoms with Crippen LogP contribution >= 0.6 is 23.4 Å². The van der Waals surface area contributed by atoms with Crippen molar-refractivity contribution in [2.75, 3.05) is 23.6 Å². The summed E-state index contributed by atoms with van der Waals surface area (Å²) in [6.07, 6.45) is 3.96. The molecular weight excluding hydrogens is 480 g/mol. The van der Waals surface area contributed by atoms with Crippen molar-refractivity contribution < 1.29 is 9.59 Å². The highest BCUT2D eigenvalue weighted by molar-refractivity contribution is 7.98. The molecule has 3 N–H and O–H groups in total. The summed E-state index contributed by atoms with van der Waals surface area (Å²) in [6.45, 7) is 4.28. The molecule has 3 aromatic rings. The van der Waals surface area contributed by atoms with Crippen LogP contribution in [0.1, 0.15) is 27.9 Å². The minimum absolute atomic E-state index is 0.289. The van der Waals surface area contributed by atoms with Crippen molar-refractivity contribution >= 4 is 58.3 Å². The third-order valence-corrected chi connectivity index (χ3v) is 6.46. The number of hydrogen-bond donors (Lipinski definition) is 2. The monoisotopic (exact) mass is 506 g/mol. The first-order valence-electron chi connectivity index (χ1n) is 10.9. The van der Waals surface area contributed by atoms with Crippen LogP contribution in [0.5, 0.6) is 0 Å². The van der Waals surface area contributed by atoms with Crippen molar-refractivity contribution in [3.63, 3.8) is 0 Å². The first-order valence-corrected chi connectivity index (χ1v) is 12.5. The second-order valence-corrected chi connectivity index (χ2v) is 8.76. The Morgan fingerprint density at radius 3 is 2.49 bits per heavy atom. The highest BCUT2D eigenvalue weighted by atomic mass is 35.5. The molecule has 0 atom stereocenters. The molecule has 0 unspecified atom stereocenters. The van der Waals surface area contributed by atoms with E-state index in [0.717, 1.165) is 28.0 Å². The zero-order chi connectivity index (χ0) is 25.4. The van der Waals surface area contributed by atoms with E-state index in [2.05, 4.69) is 22.7 Å². The van der Waals surface area contributed by atoms with Gasteiger partial charge in [-0.2, -0.15) is 5.10 Å². The molecule has 0 aliphatic carbocycles. The average molecular weight is 507 g/mol. The molecule has 0 spiro atoms. The van der Waals surface area contributed by atoms with Gasteiger partial charge in [-0.05, 0) is 80.2 Å². The molecule has 1 aliphatic heterocycles. The van der Waals surface area contributed by atoms with E-state index in [1.54, 1.807) is 41.0 Å². The number of carbonyl (C=O) groups excluding carboxylic acids is 2. The number of benzene rings is 3. The molecular formula is C27H27ClN4O2S. The number of rotatable bonds is 5. The van der Waals surface area contributed by atoms with E-state index in [1.807, 2.05) is 48.7 Å². The molecule has 0 fully saturated rings. The van der Waals surface area contributed by atoms with Gasteiger partial charge >= 0.3 is 0 Å². The van der Waals surface area contributed by atoms with Crippen LogP contribution in [0.4, 0.5) is 11.4 Å². The second kappa shape index (κ2) is 12.4. The number of hydrazone groups is 1. The molecule has 180 valence electrons. The summed E-state index contributed by atoms with van der Waals surface area (Å²) in [6, 6.07) is 20.5. The molecule has 35 heavy (non-hydrogen) atoms. The number of nitrogens with one attached hydrogen (secondary N) is 1. The van der Waals surface area contributed by atoms with Crippen molar-refractivity contribution in [2.45, 2.75) is 17.7 Å². The topological polar surface area (TPSA) is 87.8 Å². The number of halogens is 1. The fraction of sp³-hybridized carbons (Fsp3) is 0.148. The second-order valence-electron chi connectivity index (χ2n) is 7.47. The smallest absolute Gasteiger partial charge is 0.257 e. The van der Waals surface area contributed by atoms with Gasteiger partial charge in [-0.25, -0.2) is 5.01 Å². The highest BCUT2D eigenvalue weighted by Gasteiger charge is 2.20. The first kappa shape index (κ1) is 26.2. The van der Waals surface area contributed by atoms with Crippen LogP contribution in [0.15, 0.2) is 83.3 Å². The molecule has 1 amide bonds. The van der Waals surface area contributed by atoms with Gasteiger partial charge in [-0.15, -0.1) is 11.8 Å². The van der Waals surface area contributed by atoms with Gasteiger partial charge in [-0.1, -0.05) is 36.4 Å². The number of thioether (sulfide) groups is 1. The standard InChI is InChI=1S/C26H22ClN3O2S.CH5N/c1-17-24-15-19(28-26(32)23-5-3-4-6-25(23)27)9-7-18(24)8-10-20(16-31)29-30(17)21-11-13-22(33-2)14-12-21;1-2/h3-7,9,11-16H,1,8,10H2,2H3,(H,28,32);2H2,1H3/b29-20+;. The first-order chi connectivity index (χ1) is 17.0. The lowest BCUT2D eigenvalue weighted by molar-refractivity contribution is -0.102. The maximum absolute atomic E-state index is 12.7. The van der Waals surface area contributed by atoms with E-state index in [9.17, 15) is 9.59 Å². The summed E-state index contributed by atoms with van der Waals surface area (Å²) in [4.78, 5) is 25.5. The Kier molecular flexibility index (Phi) is 9.25. The Bertz CT molecular complexity index is 1260. The number of aryl methyl sites for hydroxylation is 1. The average Bonchev–Trinajstić information content (AvgIpc) is 2.89. The number of nitrogens with two attached hydrogens (primary N) is 1. The summed E-state index contributed by atoms with van der Waals surface area (Å²) in [5.74, 6) is -0.289. The molecule has 0 bridgehead atoms. The Balaban J connectivity index is 0.00000167. The molecule has 0 radical (unpaired) electrons. The highest BCUT2D eigenvalue weighted by Crippen LogP contribution is 2.33. The molecule has 1 heterocycles. The number of anilines is 2. The summed E-state index contributed by atoms with van der Waals surface area (Å²) in [5, 5.41) is 9.57. The van der Waals surface area contributed by atoms with E-state index in [4.69, 9.17) is 11.6 Å². The summed E-state index contributed by atoms with van der Waals surface area (Å²) >= 11 is 7.82. The third-order valence-electron chi connectivity index (χ3n) is 5.38. The molecule has 0 aromatic heterocycles. The van der Waals surface area contributed by atoms with Gasteiger partial charge in [0, 0.05) is 16.1 Å². The van der Waals surface area contributed by atoms with E-state index in [0.29, 0.717) is 40.5 Å². The van der Waals surface area contributed by atoms with Crippen LogP contribution in [0.2, 0.25) is 5.02 Å². The molecule has 6 nitrogen and oxygen atoms in total. The molecule has 4 rings (SSSR count). The number of aldehydes is 1. The zero-order valence-electron chi connectivity index (χ0n) is 19.6. The predicted octanol–water partition coefficient (Wildman–Crippen LogP) is 5.87. The molecule has 0 saturated heterocycles. The van der Waals surface area contributed by atoms with Crippen LogP contribution in [0.3, 0.4) is 0 Å². The van der Waals surface area contributed by atoms with Gasteiger partial charge in [0.05, 0.1) is 22.0 Å². The summed E-state index contributed by atoms with van der Waals surface area (Å²) < 4.78 is 0. The Morgan fingerprint density at radius 1 is 1.11 bits per heavy atom. The summed E-state index contributed by atoms with van der Waals surface area (Å²) in [7, 11) is 1.50. The lowest BCUT2D eigenvalue weighted by atomic mass is 9.97. The van der Waals surface area contributed by atoms with E-state index < -0.39 is 0 Å². The van der Waals surface area contributed by atoms with Crippen molar-refractivity contribution in [3.8, 4) is 0 Å². The minimum atomic E-state index is -0.289. The van der Waals surface area contributed by atoms with Crippen LogP contribution in [-0.4, -0.2) is 31.2 Å². The van der Waals surface area contributed by atoms with Crippen molar-refractivity contribution in [1.29, 1.82) is 0 Å². The van der Waals surface area contributed by atoms with Crippen LogP contribution in [-0.2, 0) is 11.2 Å². The van der Waals surface area contributed by atoms with Gasteiger partial charge in [0.1, 0.15) is 5.71 Å². The Morgan fingerprint density at radius 2 is 1.83 bits per heavy atom. The lowest BCUT2D eigenvalue weighted by Gasteiger charge is -2.26. The number of fused-ring (bicyclic) bond motifs is 1. The number of hydrogen-bond acceptors (Lipinski definition) is 6. The van der Waals surface area contributed by atoms with Crippen molar-refractivity contribution in [2.24, 2.45) is 10.8 Å². The van der Waals surface area contributed by atoms with Gasteiger partial charge in [0.25, 0.3) is 5.91 Å². The normalized spacial score (nSPS) is 14.3. The quantitative estimate of drug-likeness (QED) is 0.334. The number of amides is 1. The van der Waals surface area contributed by atoms with Crippen LogP contribution in [0, 0.1) is 0 Å². The van der Waals surface area contributed by atoms with Crippen LogP contribution in [0.25, 0.3) is 5.70 Å². The van der Waals surface area contributed by atoms with Gasteiger partial charge in [0.2, 0.25) is 0 Å². The largest absolute Gasteiger partial charge is 0.333 e. The minimum Gasteiger partial charge on any atom is -0.333 e. The fourth-order valence-electron chi connectivity index (χ4n) is 3.62. The van der Waals surface area contributed by atoms with Gasteiger partial charge in [0.15, 0.2) is 6.29 Å². The molecule has 1 aliphatic rings. The third kappa shape index (κ3) is 6.19. The molecule has 8 heteroatoms. The molecule has 3 aromatic carbocycles. The maximum Gasteiger partial charge on any atom is 0.257 e. The number of carbonyl (C=O) groups is 2. The van der Waals surface area contributed by atoms with Crippen LogP contribution < -0.4 is 16.1 Å². The van der Waals surface area contributed by atoms with E-state index in [-0.39, 0.29) is 5.91 Å². The van der Waals surface area contributed by atoms with Crippen molar-refractivity contribution in [3.05, 3.63) is 95.0 Å². The number of nitrogens with zero attached hydrogens (tertiary/aromatic N) is 2. The van der Waals surface area contributed by atoms with E-state index >= 15 is 0 Å². The zero-order valence-corrected chi connectivity index (χ0v) is 21.2. The van der Waals surface area contributed by atoms with Crippen molar-refractivity contribution in [1.82, 2.24) is 0 Å². The van der Waals surface area contributed by atoms with Gasteiger partial charge in [-0.3, -0.25) is 9.59 Å². The van der Waals surface area contributed by atoms with Gasteiger partial charge < -0.3 is 11.1 Å². The molecule has 0 saturated carbocycles. The lowest BCUT2D eigenvalue weighted by Crippen LogP contribution is -2.22. The van der Waals surface area contributed by atoms with E-state index in [1.165, 1.54) is 7.05 Å². The SMILES string of the molecule is C=C1c2cc(NC(=O)c3ccccc3Cl)ccc2CC/C(C=O)=N\N1c1ccc(SC)cc1.CN. The fourth-order valence-corrected chi connectivity index (χ4v) is 4.25. The summed E-state index contributed by atoms with van der Waals surface area (Å²) in [5.41, 5.74) is 9.28. The Labute approximate surface area is 214 Å².